The molecule has 1 aromatic carbocycles. The Morgan fingerprint density at radius 1 is 1.35 bits per heavy atom. The van der Waals surface area contributed by atoms with E-state index in [4.69, 9.17) is 4.74 Å². The molecular weight excluding hydrogens is 350 g/mol. The van der Waals surface area contributed by atoms with Gasteiger partial charge in [-0.3, -0.25) is 9.59 Å². The number of carbonyl (C=O) groups excluding carboxylic acids is 1. The minimum absolute atomic E-state index is 0.0518. The number of nitrogens with one attached hydrogen (secondary N) is 1. The Morgan fingerprint density at radius 2 is 2.12 bits per heavy atom. The predicted molar refractivity (Wildman–Crippen MR) is 101 cm³/mol. The van der Waals surface area contributed by atoms with Crippen LogP contribution in [-0.2, 0) is 29.1 Å². The van der Waals surface area contributed by atoms with E-state index < -0.39 is 0 Å². The van der Waals surface area contributed by atoms with E-state index in [0.717, 1.165) is 13.0 Å². The van der Waals surface area contributed by atoms with Crippen LogP contribution in [0.5, 0.6) is 0 Å². The van der Waals surface area contributed by atoms with Crippen molar-refractivity contribution >= 4 is 17.7 Å². The number of benzene rings is 1. The number of thioether (sulfide) groups is 1. The van der Waals surface area contributed by atoms with Gasteiger partial charge >= 0.3 is 0 Å². The molecule has 3 rings (SSSR count). The molecule has 0 bridgehead atoms. The highest BCUT2D eigenvalue weighted by atomic mass is 32.2. The fraction of sp³-hybridized carbons (Fsp3) is 0.421. The smallest absolute Gasteiger partial charge is 0.251 e. The van der Waals surface area contributed by atoms with Gasteiger partial charge < -0.3 is 14.6 Å². The van der Waals surface area contributed by atoms with Gasteiger partial charge in [0.15, 0.2) is 5.16 Å². The SMILES string of the molecule is CC(C)OCc1cc(=O)[nH]c(SCC(=O)N2CCc3ccccc3C2)n1. The van der Waals surface area contributed by atoms with E-state index in [-0.39, 0.29) is 29.9 Å². The zero-order chi connectivity index (χ0) is 18.5. The van der Waals surface area contributed by atoms with Gasteiger partial charge in [0, 0.05) is 19.2 Å². The summed E-state index contributed by atoms with van der Waals surface area (Å²) < 4.78 is 5.49. The van der Waals surface area contributed by atoms with Gasteiger partial charge in [0.25, 0.3) is 5.56 Å². The highest BCUT2D eigenvalue weighted by Gasteiger charge is 2.20. The summed E-state index contributed by atoms with van der Waals surface area (Å²) in [6.45, 7) is 5.51. The number of aromatic amines is 1. The number of fused-ring (bicyclic) bond motifs is 1. The van der Waals surface area contributed by atoms with Crippen molar-refractivity contribution in [1.29, 1.82) is 0 Å². The highest BCUT2D eigenvalue weighted by molar-refractivity contribution is 7.99. The molecule has 0 saturated heterocycles. The van der Waals surface area contributed by atoms with Gasteiger partial charge in [-0.2, -0.15) is 0 Å². The fourth-order valence-corrected chi connectivity index (χ4v) is 3.61. The van der Waals surface area contributed by atoms with Crippen LogP contribution >= 0.6 is 11.8 Å². The molecule has 2 heterocycles. The maximum Gasteiger partial charge on any atom is 0.251 e. The second-order valence-electron chi connectivity index (χ2n) is 6.52. The van der Waals surface area contributed by atoms with E-state index in [0.29, 0.717) is 17.4 Å². The molecule has 1 aliphatic heterocycles. The Bertz CT molecular complexity index is 835. The standard InChI is InChI=1S/C19H23N3O3S/c1-13(2)25-11-16-9-17(23)21-19(20-16)26-12-18(24)22-8-7-14-5-3-4-6-15(14)10-22/h3-6,9,13H,7-8,10-12H2,1-2H3,(H,20,21,23). The molecule has 26 heavy (non-hydrogen) atoms. The summed E-state index contributed by atoms with van der Waals surface area (Å²) in [5, 5.41) is 0.450. The zero-order valence-corrected chi connectivity index (χ0v) is 15.8. The summed E-state index contributed by atoms with van der Waals surface area (Å²) in [4.78, 5) is 33.2. The van der Waals surface area contributed by atoms with Crippen LogP contribution in [0.1, 0.15) is 30.7 Å². The number of amides is 1. The lowest BCUT2D eigenvalue weighted by molar-refractivity contribution is -0.129. The second-order valence-corrected chi connectivity index (χ2v) is 7.49. The number of hydrogen-bond donors (Lipinski definition) is 1. The van der Waals surface area contributed by atoms with Crippen molar-refractivity contribution in [2.24, 2.45) is 0 Å². The third kappa shape index (κ3) is 4.95. The molecular formula is C19H23N3O3S. The number of ether oxygens (including phenoxy) is 1. The molecule has 0 spiro atoms. The monoisotopic (exact) mass is 373 g/mol. The third-order valence-electron chi connectivity index (χ3n) is 4.15. The average Bonchev–Trinajstić information content (AvgIpc) is 2.63. The largest absolute Gasteiger partial charge is 0.373 e. The molecule has 1 aliphatic rings. The van der Waals surface area contributed by atoms with Crippen LogP contribution in [-0.4, -0.2) is 39.2 Å². The summed E-state index contributed by atoms with van der Waals surface area (Å²) in [5.74, 6) is 0.301. The van der Waals surface area contributed by atoms with Crippen molar-refractivity contribution in [3.63, 3.8) is 0 Å². The van der Waals surface area contributed by atoms with Crippen LogP contribution in [0.3, 0.4) is 0 Å². The maximum atomic E-state index is 12.5. The van der Waals surface area contributed by atoms with Gasteiger partial charge in [-0.05, 0) is 31.4 Å². The molecule has 6 nitrogen and oxygen atoms in total. The van der Waals surface area contributed by atoms with Crippen LogP contribution in [0, 0.1) is 0 Å². The fourth-order valence-electron chi connectivity index (χ4n) is 2.81. The minimum Gasteiger partial charge on any atom is -0.373 e. The average molecular weight is 373 g/mol. The maximum absolute atomic E-state index is 12.5. The van der Waals surface area contributed by atoms with Crippen LogP contribution in [0.25, 0.3) is 0 Å². The molecule has 7 heteroatoms. The summed E-state index contributed by atoms with van der Waals surface area (Å²) in [6.07, 6.45) is 0.944. The third-order valence-corrected chi connectivity index (χ3v) is 5.01. The van der Waals surface area contributed by atoms with Crippen LogP contribution in [0.4, 0.5) is 0 Å². The van der Waals surface area contributed by atoms with Crippen molar-refractivity contribution in [3.05, 3.63) is 57.5 Å². The first-order valence-electron chi connectivity index (χ1n) is 8.70. The van der Waals surface area contributed by atoms with Crippen molar-refractivity contribution in [1.82, 2.24) is 14.9 Å². The van der Waals surface area contributed by atoms with Crippen molar-refractivity contribution < 1.29 is 9.53 Å². The van der Waals surface area contributed by atoms with E-state index in [1.165, 1.54) is 29.0 Å². The summed E-state index contributed by atoms with van der Waals surface area (Å²) in [6, 6.07) is 9.64. The number of carbonyl (C=O) groups is 1. The van der Waals surface area contributed by atoms with Crippen molar-refractivity contribution in [2.45, 2.75) is 44.7 Å². The first-order valence-corrected chi connectivity index (χ1v) is 9.69. The molecule has 0 fully saturated rings. The van der Waals surface area contributed by atoms with E-state index in [2.05, 4.69) is 22.1 Å². The van der Waals surface area contributed by atoms with E-state index in [9.17, 15) is 9.59 Å². The van der Waals surface area contributed by atoms with E-state index >= 15 is 0 Å². The Labute approximate surface area is 157 Å². The molecule has 0 radical (unpaired) electrons. The minimum atomic E-state index is -0.232. The summed E-state index contributed by atoms with van der Waals surface area (Å²) in [5.41, 5.74) is 2.86. The van der Waals surface area contributed by atoms with Crippen LogP contribution in [0.2, 0.25) is 0 Å². The first kappa shape index (κ1) is 18.7. The number of hydrogen-bond acceptors (Lipinski definition) is 5. The highest BCUT2D eigenvalue weighted by Crippen LogP contribution is 2.20. The summed E-state index contributed by atoms with van der Waals surface area (Å²) >= 11 is 1.25. The normalized spacial score (nSPS) is 13.7. The molecule has 1 amide bonds. The number of rotatable bonds is 6. The quantitative estimate of drug-likeness (QED) is 0.621. The van der Waals surface area contributed by atoms with E-state index in [1.807, 2.05) is 30.9 Å². The molecule has 1 N–H and O–H groups in total. The summed E-state index contributed by atoms with van der Waals surface area (Å²) in [7, 11) is 0. The number of aromatic nitrogens is 2. The Hall–Kier alpha value is -2.12. The number of nitrogens with zero attached hydrogens (tertiary/aromatic N) is 2. The van der Waals surface area contributed by atoms with Gasteiger partial charge in [0.05, 0.1) is 24.2 Å². The molecule has 0 unspecified atom stereocenters. The van der Waals surface area contributed by atoms with E-state index in [1.54, 1.807) is 0 Å². The van der Waals surface area contributed by atoms with Gasteiger partial charge in [-0.1, -0.05) is 36.0 Å². The molecule has 2 aromatic rings. The zero-order valence-electron chi connectivity index (χ0n) is 15.0. The Morgan fingerprint density at radius 3 is 2.88 bits per heavy atom. The Balaban J connectivity index is 1.59. The second kappa shape index (κ2) is 8.51. The molecule has 1 aromatic heterocycles. The van der Waals surface area contributed by atoms with Gasteiger partial charge in [-0.25, -0.2) is 4.98 Å². The Kier molecular flexibility index (Phi) is 6.11. The lowest BCUT2D eigenvalue weighted by atomic mass is 10.00. The lowest BCUT2D eigenvalue weighted by Crippen LogP contribution is -2.37. The van der Waals surface area contributed by atoms with Crippen LogP contribution < -0.4 is 5.56 Å². The lowest BCUT2D eigenvalue weighted by Gasteiger charge is -2.28. The van der Waals surface area contributed by atoms with Gasteiger partial charge in [0.1, 0.15) is 0 Å². The van der Waals surface area contributed by atoms with Crippen LogP contribution in [0.15, 0.2) is 40.3 Å². The topological polar surface area (TPSA) is 75.3 Å². The van der Waals surface area contributed by atoms with Gasteiger partial charge in [-0.15, -0.1) is 0 Å². The predicted octanol–water partition coefficient (Wildman–Crippen LogP) is 2.37. The van der Waals surface area contributed by atoms with Crippen molar-refractivity contribution in [3.8, 4) is 0 Å². The molecule has 0 saturated carbocycles. The van der Waals surface area contributed by atoms with Crippen molar-refractivity contribution in [2.75, 3.05) is 12.3 Å². The van der Waals surface area contributed by atoms with Gasteiger partial charge in [0.2, 0.25) is 5.91 Å². The number of H-pyrrole nitrogens is 1. The molecule has 0 atom stereocenters. The first-order chi connectivity index (χ1) is 12.5. The molecule has 138 valence electrons. The molecule has 0 aliphatic carbocycles.